The maximum Gasteiger partial charge on any atom is 0.436 e. The molecule has 1 fully saturated rings. The molecule has 0 bridgehead atoms. The van der Waals surface area contributed by atoms with Crippen LogP contribution in [0.25, 0.3) is 10.8 Å². The first-order valence-corrected chi connectivity index (χ1v) is 10.3. The zero-order valence-electron chi connectivity index (χ0n) is 17.6. The second-order valence-corrected chi connectivity index (χ2v) is 7.08. The summed E-state index contributed by atoms with van der Waals surface area (Å²) in [5.74, 6) is -1.49. The van der Waals surface area contributed by atoms with Gasteiger partial charge < -0.3 is 15.1 Å². The van der Waals surface area contributed by atoms with Gasteiger partial charge in [0.05, 0.1) is 11.3 Å². The van der Waals surface area contributed by atoms with Crippen LogP contribution in [0.5, 0.6) is 0 Å². The Morgan fingerprint density at radius 3 is 2.39 bits per heavy atom. The van der Waals surface area contributed by atoms with Crippen LogP contribution in [0.4, 0.5) is 10.5 Å². The third kappa shape index (κ3) is 5.18. The van der Waals surface area contributed by atoms with Crippen LogP contribution in [0.2, 0.25) is 0 Å². The number of hydrogen-bond donors (Lipinski definition) is 2. The number of nitrogens with zero attached hydrogens (tertiary/aromatic N) is 2. The number of rotatable bonds is 8. The van der Waals surface area contributed by atoms with E-state index in [4.69, 9.17) is 4.84 Å². The molecule has 0 atom stereocenters. The standard InChI is InChI=1S/C22H26N4O5/c1-3-25(4-2)14-13-23-21(29)20-16-8-6-5-7-15(16)9-10-17(20)24-22(30)31-26-18(27)11-12-19(26)28/h5-10H,3-4,11-14H2,1-2H3,(H,23,29)(H,24,30). The first kappa shape index (κ1) is 22.2. The zero-order chi connectivity index (χ0) is 22.4. The molecule has 31 heavy (non-hydrogen) atoms. The quantitative estimate of drug-likeness (QED) is 0.628. The van der Waals surface area contributed by atoms with Crippen molar-refractivity contribution >= 4 is 40.3 Å². The van der Waals surface area contributed by atoms with E-state index in [1.54, 1.807) is 24.3 Å². The molecule has 9 heteroatoms. The number of anilines is 1. The summed E-state index contributed by atoms with van der Waals surface area (Å²) in [6, 6.07) is 10.7. The van der Waals surface area contributed by atoms with Gasteiger partial charge in [0.15, 0.2) is 0 Å². The van der Waals surface area contributed by atoms with Crippen LogP contribution in [-0.4, -0.2) is 60.0 Å². The number of nitrogens with one attached hydrogen (secondary N) is 2. The Bertz CT molecular complexity index is 987. The molecule has 0 saturated carbocycles. The summed E-state index contributed by atoms with van der Waals surface area (Å²) >= 11 is 0. The van der Waals surface area contributed by atoms with E-state index >= 15 is 0 Å². The van der Waals surface area contributed by atoms with Gasteiger partial charge in [-0.3, -0.25) is 19.7 Å². The molecule has 0 aliphatic carbocycles. The van der Waals surface area contributed by atoms with Gasteiger partial charge in [-0.1, -0.05) is 44.2 Å². The Morgan fingerprint density at radius 1 is 1.03 bits per heavy atom. The molecule has 2 aromatic rings. The maximum atomic E-state index is 13.0. The highest BCUT2D eigenvalue weighted by molar-refractivity contribution is 6.13. The summed E-state index contributed by atoms with van der Waals surface area (Å²) in [6.45, 7) is 7.03. The highest BCUT2D eigenvalue weighted by atomic mass is 16.7. The van der Waals surface area contributed by atoms with Crippen LogP contribution >= 0.6 is 0 Å². The number of hydroxylamine groups is 2. The Hall–Kier alpha value is -3.46. The molecule has 1 aliphatic rings. The lowest BCUT2D eigenvalue weighted by molar-refractivity contribution is -0.170. The van der Waals surface area contributed by atoms with Gasteiger partial charge >= 0.3 is 6.09 Å². The van der Waals surface area contributed by atoms with Gasteiger partial charge in [-0.25, -0.2) is 4.79 Å². The van der Waals surface area contributed by atoms with E-state index < -0.39 is 17.9 Å². The lowest BCUT2D eigenvalue weighted by Gasteiger charge is -2.19. The van der Waals surface area contributed by atoms with Gasteiger partial charge in [0, 0.05) is 25.9 Å². The second kappa shape index (κ2) is 10.0. The Labute approximate surface area is 180 Å². The van der Waals surface area contributed by atoms with Crippen LogP contribution < -0.4 is 10.6 Å². The average molecular weight is 426 g/mol. The molecule has 1 heterocycles. The van der Waals surface area contributed by atoms with E-state index in [0.717, 1.165) is 18.5 Å². The SMILES string of the molecule is CCN(CC)CCNC(=O)c1c(NC(=O)ON2C(=O)CCC2=O)ccc2ccccc12. The summed E-state index contributed by atoms with van der Waals surface area (Å²) in [7, 11) is 0. The Kier molecular flexibility index (Phi) is 7.19. The minimum atomic E-state index is -1.02. The zero-order valence-corrected chi connectivity index (χ0v) is 17.6. The number of fused-ring (bicyclic) bond motifs is 1. The Morgan fingerprint density at radius 2 is 1.71 bits per heavy atom. The topological polar surface area (TPSA) is 108 Å². The number of amides is 4. The third-order valence-electron chi connectivity index (χ3n) is 5.18. The fraction of sp³-hybridized carbons (Fsp3) is 0.364. The third-order valence-corrected chi connectivity index (χ3v) is 5.18. The van der Waals surface area contributed by atoms with Crippen LogP contribution in [-0.2, 0) is 14.4 Å². The van der Waals surface area contributed by atoms with Gasteiger partial charge in [0.1, 0.15) is 0 Å². The molecule has 2 aromatic carbocycles. The molecule has 9 nitrogen and oxygen atoms in total. The molecule has 1 saturated heterocycles. The minimum absolute atomic E-state index is 0.00226. The molecular formula is C22H26N4O5. The normalized spacial score (nSPS) is 13.7. The van der Waals surface area contributed by atoms with Crippen molar-refractivity contribution in [2.45, 2.75) is 26.7 Å². The number of carbonyl (C=O) groups is 4. The summed E-state index contributed by atoms with van der Waals surface area (Å²) in [6.07, 6.45) is -1.01. The van der Waals surface area contributed by atoms with E-state index in [0.29, 0.717) is 23.5 Å². The molecule has 0 radical (unpaired) electrons. The van der Waals surface area contributed by atoms with Crippen LogP contribution in [0.1, 0.15) is 37.0 Å². The van der Waals surface area contributed by atoms with E-state index in [1.165, 1.54) is 0 Å². The maximum absolute atomic E-state index is 13.0. The van der Waals surface area contributed by atoms with E-state index in [2.05, 4.69) is 29.4 Å². The van der Waals surface area contributed by atoms with E-state index in [1.807, 2.05) is 12.1 Å². The highest BCUT2D eigenvalue weighted by Crippen LogP contribution is 2.27. The molecule has 2 N–H and O–H groups in total. The molecule has 0 spiro atoms. The van der Waals surface area contributed by atoms with Crippen molar-refractivity contribution < 1.29 is 24.0 Å². The lowest BCUT2D eigenvalue weighted by atomic mass is 10.0. The lowest BCUT2D eigenvalue weighted by Crippen LogP contribution is -2.36. The first-order chi connectivity index (χ1) is 14.9. The molecular weight excluding hydrogens is 400 g/mol. The smallest absolute Gasteiger partial charge is 0.351 e. The van der Waals surface area contributed by atoms with Gasteiger partial charge in [0.25, 0.3) is 17.7 Å². The monoisotopic (exact) mass is 426 g/mol. The number of benzene rings is 2. The van der Waals surface area contributed by atoms with Gasteiger partial charge in [-0.2, -0.15) is 0 Å². The van der Waals surface area contributed by atoms with Gasteiger partial charge in [0.2, 0.25) is 0 Å². The number of imide groups is 1. The summed E-state index contributed by atoms with van der Waals surface area (Å²) < 4.78 is 0. The second-order valence-electron chi connectivity index (χ2n) is 7.08. The fourth-order valence-electron chi connectivity index (χ4n) is 3.45. The molecule has 3 rings (SSSR count). The molecule has 164 valence electrons. The predicted molar refractivity (Wildman–Crippen MR) is 115 cm³/mol. The van der Waals surface area contributed by atoms with Crippen molar-refractivity contribution in [2.24, 2.45) is 0 Å². The van der Waals surface area contributed by atoms with Gasteiger partial charge in [-0.05, 0) is 29.9 Å². The van der Waals surface area contributed by atoms with Gasteiger partial charge in [-0.15, -0.1) is 5.06 Å². The van der Waals surface area contributed by atoms with Crippen molar-refractivity contribution in [3.63, 3.8) is 0 Å². The fourth-order valence-corrected chi connectivity index (χ4v) is 3.45. The first-order valence-electron chi connectivity index (χ1n) is 10.3. The van der Waals surface area contributed by atoms with Crippen LogP contribution in [0, 0.1) is 0 Å². The number of hydrogen-bond acceptors (Lipinski definition) is 6. The average Bonchev–Trinajstić information content (AvgIpc) is 3.08. The number of likely N-dealkylation sites (N-methyl/N-ethyl adjacent to an activating group) is 1. The predicted octanol–water partition coefficient (Wildman–Crippen LogP) is 2.52. The van der Waals surface area contributed by atoms with Crippen molar-refractivity contribution in [3.05, 3.63) is 42.0 Å². The van der Waals surface area contributed by atoms with Crippen LogP contribution in [0.15, 0.2) is 36.4 Å². The van der Waals surface area contributed by atoms with E-state index in [-0.39, 0.29) is 30.0 Å². The molecule has 4 amide bonds. The molecule has 0 aromatic heterocycles. The minimum Gasteiger partial charge on any atom is -0.351 e. The van der Waals surface area contributed by atoms with Crippen LogP contribution in [0.3, 0.4) is 0 Å². The Balaban J connectivity index is 1.80. The van der Waals surface area contributed by atoms with Crippen molar-refractivity contribution in [1.82, 2.24) is 15.3 Å². The van der Waals surface area contributed by atoms with Crippen molar-refractivity contribution in [3.8, 4) is 0 Å². The summed E-state index contributed by atoms with van der Waals surface area (Å²) in [5, 5.41) is 7.35. The summed E-state index contributed by atoms with van der Waals surface area (Å²) in [4.78, 5) is 55.8. The summed E-state index contributed by atoms with van der Waals surface area (Å²) in [5.41, 5.74) is 0.511. The number of carbonyl (C=O) groups excluding carboxylic acids is 4. The molecule has 1 aliphatic heterocycles. The highest BCUT2D eigenvalue weighted by Gasteiger charge is 2.33. The largest absolute Gasteiger partial charge is 0.436 e. The van der Waals surface area contributed by atoms with Crippen molar-refractivity contribution in [1.29, 1.82) is 0 Å². The van der Waals surface area contributed by atoms with Crippen molar-refractivity contribution in [2.75, 3.05) is 31.5 Å². The molecule has 0 unspecified atom stereocenters. The van der Waals surface area contributed by atoms with E-state index in [9.17, 15) is 19.2 Å².